The molecule has 1 aromatic carbocycles. The van der Waals surface area contributed by atoms with Crippen molar-refractivity contribution in [2.24, 2.45) is 5.73 Å². The minimum atomic E-state index is -0.754. The maximum atomic E-state index is 12.5. The van der Waals surface area contributed by atoms with E-state index in [4.69, 9.17) is 5.73 Å². The van der Waals surface area contributed by atoms with E-state index in [1.165, 1.54) is 4.90 Å². The lowest BCUT2D eigenvalue weighted by Crippen LogP contribution is -2.43. The third kappa shape index (κ3) is 2.58. The first-order valence-electron chi connectivity index (χ1n) is 6.94. The number of aliphatic hydroxyl groups excluding tert-OH is 1. The Hall–Kier alpha value is -2.67. The Kier molecular flexibility index (Phi) is 3.64. The number of benzene rings is 1. The third-order valence-corrected chi connectivity index (χ3v) is 3.83. The Morgan fingerprint density at radius 2 is 2.00 bits per heavy atom. The molecule has 0 bridgehead atoms. The third-order valence-electron chi connectivity index (χ3n) is 3.83. The highest BCUT2D eigenvalue weighted by atomic mass is 16.3. The Labute approximate surface area is 126 Å². The average molecular weight is 300 g/mol. The van der Waals surface area contributed by atoms with E-state index < -0.39 is 18.1 Å². The van der Waals surface area contributed by atoms with Crippen LogP contribution in [0.15, 0.2) is 36.7 Å². The van der Waals surface area contributed by atoms with Gasteiger partial charge in [0.15, 0.2) is 0 Å². The molecule has 0 unspecified atom stereocenters. The van der Waals surface area contributed by atoms with Gasteiger partial charge in [-0.2, -0.15) is 5.10 Å². The first-order chi connectivity index (χ1) is 10.6. The Bertz CT molecular complexity index is 681. The molecule has 7 nitrogen and oxygen atoms in total. The van der Waals surface area contributed by atoms with Crippen molar-refractivity contribution in [3.8, 4) is 11.1 Å². The smallest absolute Gasteiger partial charge is 0.254 e. The fraction of sp³-hybridized carbons (Fsp3) is 0.267. The van der Waals surface area contributed by atoms with E-state index in [0.717, 1.165) is 11.1 Å². The number of β-amino-alcohol motifs (C(OH)–C–C–N with tert-alkyl or cyclic N) is 1. The van der Waals surface area contributed by atoms with Crippen molar-refractivity contribution >= 4 is 11.8 Å². The molecule has 0 saturated carbocycles. The molecule has 1 aliphatic rings. The number of hydrogen-bond donors (Lipinski definition) is 3. The lowest BCUT2D eigenvalue weighted by atomic mass is 10.1. The van der Waals surface area contributed by atoms with Crippen LogP contribution in [0.2, 0.25) is 0 Å². The van der Waals surface area contributed by atoms with Crippen molar-refractivity contribution in [2.75, 3.05) is 6.54 Å². The van der Waals surface area contributed by atoms with E-state index >= 15 is 0 Å². The van der Waals surface area contributed by atoms with Gasteiger partial charge in [-0.15, -0.1) is 0 Å². The summed E-state index contributed by atoms with van der Waals surface area (Å²) >= 11 is 0. The van der Waals surface area contributed by atoms with Gasteiger partial charge in [0.1, 0.15) is 6.04 Å². The number of primary amides is 1. The average Bonchev–Trinajstić information content (AvgIpc) is 3.16. The molecular weight excluding hydrogens is 284 g/mol. The molecule has 7 heteroatoms. The van der Waals surface area contributed by atoms with Gasteiger partial charge >= 0.3 is 0 Å². The number of nitrogens with one attached hydrogen (secondary N) is 1. The molecule has 0 spiro atoms. The van der Waals surface area contributed by atoms with Crippen LogP contribution in [-0.4, -0.2) is 50.7 Å². The topological polar surface area (TPSA) is 112 Å². The summed E-state index contributed by atoms with van der Waals surface area (Å²) in [5, 5.41) is 16.3. The van der Waals surface area contributed by atoms with Gasteiger partial charge in [0.2, 0.25) is 5.91 Å². The summed E-state index contributed by atoms with van der Waals surface area (Å²) in [7, 11) is 0. The number of H-pyrrole nitrogens is 1. The van der Waals surface area contributed by atoms with Crippen LogP contribution in [0.1, 0.15) is 16.8 Å². The number of amides is 2. The van der Waals surface area contributed by atoms with Crippen molar-refractivity contribution in [3.63, 3.8) is 0 Å². The van der Waals surface area contributed by atoms with Crippen LogP contribution in [0, 0.1) is 0 Å². The number of aromatic nitrogens is 2. The molecule has 1 saturated heterocycles. The number of aromatic amines is 1. The van der Waals surface area contributed by atoms with Crippen LogP contribution >= 0.6 is 0 Å². The molecule has 0 aliphatic carbocycles. The number of likely N-dealkylation sites (tertiary alicyclic amines) is 1. The van der Waals surface area contributed by atoms with Gasteiger partial charge in [-0.25, -0.2) is 0 Å². The zero-order valence-corrected chi connectivity index (χ0v) is 11.8. The summed E-state index contributed by atoms with van der Waals surface area (Å²) < 4.78 is 0. The minimum absolute atomic E-state index is 0.121. The number of carbonyl (C=O) groups excluding carboxylic acids is 2. The first kappa shape index (κ1) is 14.3. The van der Waals surface area contributed by atoms with E-state index in [1.54, 1.807) is 24.5 Å². The quantitative estimate of drug-likeness (QED) is 0.748. The molecule has 2 aromatic rings. The maximum absolute atomic E-state index is 12.5. The van der Waals surface area contributed by atoms with E-state index in [0.29, 0.717) is 5.56 Å². The second-order valence-corrected chi connectivity index (χ2v) is 5.33. The van der Waals surface area contributed by atoms with E-state index in [2.05, 4.69) is 10.2 Å². The molecule has 1 aromatic heterocycles. The van der Waals surface area contributed by atoms with Gasteiger partial charge in [0, 0.05) is 30.3 Å². The van der Waals surface area contributed by atoms with E-state index in [-0.39, 0.29) is 18.9 Å². The standard InChI is InChI=1S/C15H16N4O3/c16-14(21)13-5-12(20)8-19(13)15(22)10-3-1-9(2-4-10)11-6-17-18-7-11/h1-4,6-7,12-13,20H,5,8H2,(H2,16,21)(H,17,18)/t12-,13+/m1/s1. The summed E-state index contributed by atoms with van der Waals surface area (Å²) in [4.78, 5) is 25.2. The molecular formula is C15H16N4O3. The van der Waals surface area contributed by atoms with E-state index in [1.807, 2.05) is 12.1 Å². The van der Waals surface area contributed by atoms with Crippen LogP contribution in [-0.2, 0) is 4.79 Å². The Balaban J connectivity index is 1.81. The van der Waals surface area contributed by atoms with Crippen molar-refractivity contribution in [2.45, 2.75) is 18.6 Å². The summed E-state index contributed by atoms with van der Waals surface area (Å²) in [5.41, 5.74) is 7.60. The molecule has 2 heterocycles. The highest BCUT2D eigenvalue weighted by molar-refractivity contribution is 5.98. The van der Waals surface area contributed by atoms with Crippen molar-refractivity contribution in [3.05, 3.63) is 42.2 Å². The second-order valence-electron chi connectivity index (χ2n) is 5.33. The van der Waals surface area contributed by atoms with Gasteiger partial charge < -0.3 is 15.7 Å². The normalized spacial score (nSPS) is 21.0. The van der Waals surface area contributed by atoms with Crippen molar-refractivity contribution in [1.29, 1.82) is 0 Å². The Morgan fingerprint density at radius 3 is 2.59 bits per heavy atom. The minimum Gasteiger partial charge on any atom is -0.391 e. The number of hydrogen-bond acceptors (Lipinski definition) is 4. The number of rotatable bonds is 3. The number of nitrogens with two attached hydrogens (primary N) is 1. The van der Waals surface area contributed by atoms with Crippen LogP contribution < -0.4 is 5.73 Å². The Morgan fingerprint density at radius 1 is 1.27 bits per heavy atom. The first-order valence-corrected chi connectivity index (χ1v) is 6.94. The predicted molar refractivity (Wildman–Crippen MR) is 78.7 cm³/mol. The molecule has 22 heavy (non-hydrogen) atoms. The summed E-state index contributed by atoms with van der Waals surface area (Å²) in [6.07, 6.45) is 2.92. The van der Waals surface area contributed by atoms with Crippen LogP contribution in [0.25, 0.3) is 11.1 Å². The lowest BCUT2D eigenvalue weighted by Gasteiger charge is -2.22. The fourth-order valence-electron chi connectivity index (χ4n) is 2.69. The zero-order chi connectivity index (χ0) is 15.7. The second kappa shape index (κ2) is 5.61. The zero-order valence-electron chi connectivity index (χ0n) is 11.8. The molecule has 1 fully saturated rings. The predicted octanol–water partition coefficient (Wildman–Crippen LogP) is 0.137. The molecule has 0 radical (unpaired) electrons. The lowest BCUT2D eigenvalue weighted by molar-refractivity contribution is -0.121. The largest absolute Gasteiger partial charge is 0.391 e. The van der Waals surface area contributed by atoms with E-state index in [9.17, 15) is 14.7 Å². The molecule has 4 N–H and O–H groups in total. The van der Waals surface area contributed by atoms with Crippen LogP contribution in [0.5, 0.6) is 0 Å². The fourth-order valence-corrected chi connectivity index (χ4v) is 2.69. The molecule has 2 amide bonds. The van der Waals surface area contributed by atoms with Gasteiger partial charge in [-0.1, -0.05) is 12.1 Å². The number of nitrogens with zero attached hydrogens (tertiary/aromatic N) is 2. The summed E-state index contributed by atoms with van der Waals surface area (Å²) in [6.45, 7) is 0.121. The SMILES string of the molecule is NC(=O)[C@@H]1C[C@@H](O)CN1C(=O)c1ccc(-c2cn[nH]c2)cc1. The van der Waals surface area contributed by atoms with Gasteiger partial charge in [0.25, 0.3) is 5.91 Å². The highest BCUT2D eigenvalue weighted by Crippen LogP contribution is 2.23. The van der Waals surface area contributed by atoms with Gasteiger partial charge in [-0.05, 0) is 17.7 Å². The van der Waals surface area contributed by atoms with Gasteiger partial charge in [-0.3, -0.25) is 14.7 Å². The molecule has 1 aliphatic heterocycles. The molecule has 3 rings (SSSR count). The monoisotopic (exact) mass is 300 g/mol. The van der Waals surface area contributed by atoms with Crippen LogP contribution in [0.3, 0.4) is 0 Å². The highest BCUT2D eigenvalue weighted by Gasteiger charge is 2.38. The van der Waals surface area contributed by atoms with Gasteiger partial charge in [0.05, 0.1) is 12.3 Å². The molecule has 2 atom stereocenters. The molecule has 114 valence electrons. The summed E-state index contributed by atoms with van der Waals surface area (Å²) in [5.74, 6) is -0.904. The number of carbonyl (C=O) groups is 2. The number of aliphatic hydroxyl groups is 1. The maximum Gasteiger partial charge on any atom is 0.254 e. The van der Waals surface area contributed by atoms with Crippen molar-refractivity contribution < 1.29 is 14.7 Å². The van der Waals surface area contributed by atoms with Crippen molar-refractivity contribution in [1.82, 2.24) is 15.1 Å². The van der Waals surface area contributed by atoms with Crippen LogP contribution in [0.4, 0.5) is 0 Å². The summed E-state index contributed by atoms with van der Waals surface area (Å²) in [6, 6.07) is 6.24.